The summed E-state index contributed by atoms with van der Waals surface area (Å²) in [5.74, 6) is 0.315. The van der Waals surface area contributed by atoms with Gasteiger partial charge in [-0.2, -0.15) is 0 Å². The molecule has 1 aliphatic heterocycles. The van der Waals surface area contributed by atoms with Crippen LogP contribution < -0.4 is 0 Å². The minimum Gasteiger partial charge on any atom is -0.379 e. The number of fused-ring (bicyclic) bond motifs is 1. The number of aryl methyl sites for hydroxylation is 1. The summed E-state index contributed by atoms with van der Waals surface area (Å²) in [5, 5.41) is 0. The highest BCUT2D eigenvalue weighted by molar-refractivity contribution is 5.98. The molecule has 3 rings (SSSR count). The van der Waals surface area contributed by atoms with Gasteiger partial charge < -0.3 is 9.30 Å². The molecule has 92 valence electrons. The van der Waals surface area contributed by atoms with E-state index in [1.165, 1.54) is 11.4 Å². The van der Waals surface area contributed by atoms with Crippen molar-refractivity contribution in [2.75, 3.05) is 13.2 Å². The molecule has 0 spiro atoms. The van der Waals surface area contributed by atoms with Gasteiger partial charge in [-0.15, -0.1) is 0 Å². The van der Waals surface area contributed by atoms with E-state index < -0.39 is 0 Å². The minimum atomic E-state index is 0.0509. The fourth-order valence-corrected chi connectivity index (χ4v) is 3.31. The summed E-state index contributed by atoms with van der Waals surface area (Å²) in [7, 11) is 0. The number of aromatic nitrogens is 1. The Kier molecular flexibility index (Phi) is 2.40. The molecule has 0 N–H and O–H groups in total. The maximum Gasteiger partial charge on any atom is 0.164 e. The Balaban J connectivity index is 2.13. The van der Waals surface area contributed by atoms with Crippen LogP contribution in [0.2, 0.25) is 0 Å². The van der Waals surface area contributed by atoms with Crippen molar-refractivity contribution in [3.8, 4) is 0 Å². The fraction of sp³-hybridized carbons (Fsp3) is 0.643. The lowest BCUT2D eigenvalue weighted by atomic mass is 9.94. The highest BCUT2D eigenvalue weighted by Crippen LogP contribution is 2.35. The van der Waals surface area contributed by atoms with Gasteiger partial charge in [0.25, 0.3) is 0 Å². The van der Waals surface area contributed by atoms with Crippen molar-refractivity contribution < 1.29 is 9.53 Å². The van der Waals surface area contributed by atoms with E-state index in [1.807, 2.05) is 0 Å². The average molecular weight is 233 g/mol. The molecule has 0 bridgehead atoms. The first kappa shape index (κ1) is 11.0. The largest absolute Gasteiger partial charge is 0.379 e. The third kappa shape index (κ3) is 1.56. The quantitative estimate of drug-likeness (QED) is 0.746. The Morgan fingerprint density at radius 1 is 1.41 bits per heavy atom. The summed E-state index contributed by atoms with van der Waals surface area (Å²) < 4.78 is 7.92. The van der Waals surface area contributed by atoms with Crippen LogP contribution in [0.15, 0.2) is 6.07 Å². The number of carbonyl (C=O) groups excluding carboxylic acids is 1. The maximum atomic E-state index is 11.9. The second-order valence-electron chi connectivity index (χ2n) is 5.56. The van der Waals surface area contributed by atoms with Crippen LogP contribution >= 0.6 is 0 Å². The van der Waals surface area contributed by atoms with Crippen LogP contribution in [0.5, 0.6) is 0 Å². The molecular formula is C14H19NO2. The standard InChI is InChI=1S/C14H19NO2/c1-10-8-11-12(4-3-5-13(11)16)15(10)14(2)6-7-17-9-14/h8H,3-7,9H2,1-2H3. The SMILES string of the molecule is Cc1cc2c(n1C1(C)CCOC1)CCCC2=O. The van der Waals surface area contributed by atoms with Crippen LogP contribution in [-0.4, -0.2) is 23.6 Å². The van der Waals surface area contributed by atoms with E-state index in [1.54, 1.807) is 0 Å². The topological polar surface area (TPSA) is 31.2 Å². The zero-order valence-electron chi connectivity index (χ0n) is 10.6. The zero-order chi connectivity index (χ0) is 12.0. The molecule has 1 aliphatic carbocycles. The van der Waals surface area contributed by atoms with E-state index in [-0.39, 0.29) is 5.54 Å². The Morgan fingerprint density at radius 3 is 2.94 bits per heavy atom. The number of carbonyl (C=O) groups is 1. The minimum absolute atomic E-state index is 0.0509. The molecular weight excluding hydrogens is 214 g/mol. The summed E-state index contributed by atoms with van der Waals surface area (Å²) in [6.07, 6.45) is 3.78. The molecule has 1 fully saturated rings. The molecule has 0 radical (unpaired) electrons. The van der Waals surface area contributed by atoms with Gasteiger partial charge in [0.1, 0.15) is 0 Å². The Labute approximate surface area is 102 Å². The number of ether oxygens (including phenoxy) is 1. The monoisotopic (exact) mass is 233 g/mol. The van der Waals surface area contributed by atoms with Crippen molar-refractivity contribution in [3.63, 3.8) is 0 Å². The van der Waals surface area contributed by atoms with Crippen LogP contribution in [0.3, 0.4) is 0 Å². The molecule has 17 heavy (non-hydrogen) atoms. The summed E-state index contributed by atoms with van der Waals surface area (Å²) >= 11 is 0. The summed E-state index contributed by atoms with van der Waals surface area (Å²) in [6.45, 7) is 5.95. The third-order valence-electron chi connectivity index (χ3n) is 4.14. The zero-order valence-corrected chi connectivity index (χ0v) is 10.6. The highest BCUT2D eigenvalue weighted by Gasteiger charge is 2.36. The number of hydrogen-bond donors (Lipinski definition) is 0. The summed E-state index contributed by atoms with van der Waals surface area (Å²) in [6, 6.07) is 2.07. The van der Waals surface area contributed by atoms with E-state index in [4.69, 9.17) is 4.74 Å². The van der Waals surface area contributed by atoms with Gasteiger partial charge in [-0.1, -0.05) is 0 Å². The van der Waals surface area contributed by atoms with Gasteiger partial charge in [0.05, 0.1) is 12.1 Å². The van der Waals surface area contributed by atoms with Crippen LogP contribution in [0, 0.1) is 6.92 Å². The van der Waals surface area contributed by atoms with E-state index >= 15 is 0 Å². The first-order valence-electron chi connectivity index (χ1n) is 6.44. The lowest BCUT2D eigenvalue weighted by molar-refractivity contribution is 0.0970. The Morgan fingerprint density at radius 2 is 2.24 bits per heavy atom. The number of Topliss-reactive ketones (excluding diaryl/α,β-unsaturated/α-hetero) is 1. The molecule has 1 aromatic rings. The molecule has 2 aliphatic rings. The van der Waals surface area contributed by atoms with Crippen molar-refractivity contribution in [2.24, 2.45) is 0 Å². The maximum absolute atomic E-state index is 11.9. The smallest absolute Gasteiger partial charge is 0.164 e. The number of nitrogens with zero attached hydrogens (tertiary/aromatic N) is 1. The third-order valence-corrected chi connectivity index (χ3v) is 4.14. The molecule has 3 nitrogen and oxygen atoms in total. The van der Waals surface area contributed by atoms with Crippen LogP contribution in [-0.2, 0) is 16.7 Å². The summed E-state index contributed by atoms with van der Waals surface area (Å²) in [4.78, 5) is 11.9. The van der Waals surface area contributed by atoms with Crippen molar-refractivity contribution in [1.29, 1.82) is 0 Å². The van der Waals surface area contributed by atoms with E-state index in [0.29, 0.717) is 12.2 Å². The molecule has 1 saturated heterocycles. The molecule has 0 saturated carbocycles. The predicted octanol–water partition coefficient (Wildman–Crippen LogP) is 2.45. The van der Waals surface area contributed by atoms with Gasteiger partial charge in [0.15, 0.2) is 5.78 Å². The molecule has 1 aromatic heterocycles. The van der Waals surface area contributed by atoms with E-state index in [2.05, 4.69) is 24.5 Å². The second-order valence-corrected chi connectivity index (χ2v) is 5.56. The normalized spacial score (nSPS) is 28.5. The molecule has 1 atom stereocenters. The first-order chi connectivity index (χ1) is 8.12. The average Bonchev–Trinajstić information content (AvgIpc) is 2.83. The van der Waals surface area contributed by atoms with Gasteiger partial charge in [-0.05, 0) is 39.2 Å². The van der Waals surface area contributed by atoms with Crippen LogP contribution in [0.4, 0.5) is 0 Å². The van der Waals surface area contributed by atoms with Crippen LogP contribution in [0.25, 0.3) is 0 Å². The van der Waals surface area contributed by atoms with Gasteiger partial charge in [0, 0.05) is 30.0 Å². The van der Waals surface area contributed by atoms with Crippen molar-refractivity contribution in [1.82, 2.24) is 4.57 Å². The highest BCUT2D eigenvalue weighted by atomic mass is 16.5. The van der Waals surface area contributed by atoms with Gasteiger partial charge >= 0.3 is 0 Å². The molecule has 1 unspecified atom stereocenters. The predicted molar refractivity (Wildman–Crippen MR) is 65.5 cm³/mol. The second kappa shape index (κ2) is 3.70. The fourth-order valence-electron chi connectivity index (χ4n) is 3.31. The van der Waals surface area contributed by atoms with Gasteiger partial charge in [-0.3, -0.25) is 4.79 Å². The van der Waals surface area contributed by atoms with Crippen LogP contribution in [0.1, 0.15) is 47.9 Å². The van der Waals surface area contributed by atoms with Crippen molar-refractivity contribution in [3.05, 3.63) is 23.0 Å². The van der Waals surface area contributed by atoms with Gasteiger partial charge in [0.2, 0.25) is 0 Å². The lowest BCUT2D eigenvalue weighted by Gasteiger charge is -2.30. The number of hydrogen-bond acceptors (Lipinski definition) is 2. The van der Waals surface area contributed by atoms with Crippen molar-refractivity contribution in [2.45, 2.75) is 45.1 Å². The summed E-state index contributed by atoms with van der Waals surface area (Å²) in [5.41, 5.74) is 3.46. The Bertz CT molecular complexity index is 467. The molecule has 0 amide bonds. The number of rotatable bonds is 1. The molecule has 0 aromatic carbocycles. The first-order valence-corrected chi connectivity index (χ1v) is 6.44. The molecule has 3 heteroatoms. The lowest BCUT2D eigenvalue weighted by Crippen LogP contribution is -2.33. The van der Waals surface area contributed by atoms with Gasteiger partial charge in [-0.25, -0.2) is 0 Å². The molecule has 2 heterocycles. The van der Waals surface area contributed by atoms with Crippen molar-refractivity contribution >= 4 is 5.78 Å². The Hall–Kier alpha value is -1.09. The van der Waals surface area contributed by atoms with E-state index in [0.717, 1.165) is 38.0 Å². The van der Waals surface area contributed by atoms with E-state index in [9.17, 15) is 4.79 Å². The number of ketones is 1.